The predicted octanol–water partition coefficient (Wildman–Crippen LogP) is 1.21. The highest BCUT2D eigenvalue weighted by molar-refractivity contribution is 7.89. The number of carbonyl (C=O) groups excluding carboxylic acids is 1. The molecule has 2 aromatic rings. The quantitative estimate of drug-likeness (QED) is 0.724. The van der Waals surface area contributed by atoms with Crippen molar-refractivity contribution >= 4 is 15.9 Å². The van der Waals surface area contributed by atoms with E-state index in [0.717, 1.165) is 21.6 Å². The van der Waals surface area contributed by atoms with Gasteiger partial charge in [-0.2, -0.15) is 4.31 Å². The van der Waals surface area contributed by atoms with Crippen LogP contribution in [0, 0.1) is 20.8 Å². The zero-order valence-corrected chi connectivity index (χ0v) is 19.1. The highest BCUT2D eigenvalue weighted by Gasteiger charge is 2.34. The molecule has 7 heteroatoms. The Morgan fingerprint density at radius 3 is 2.27 bits per heavy atom. The number of hydrogen-bond acceptors (Lipinski definition) is 3. The van der Waals surface area contributed by atoms with E-state index in [9.17, 15) is 13.2 Å². The first-order chi connectivity index (χ1) is 14.2. The summed E-state index contributed by atoms with van der Waals surface area (Å²) in [5.74, 6) is -0.00367. The third-order valence-corrected chi connectivity index (χ3v) is 7.97. The summed E-state index contributed by atoms with van der Waals surface area (Å²) < 4.78 is 27.5. The van der Waals surface area contributed by atoms with E-state index in [1.807, 2.05) is 58.0 Å². The monoisotopic (exact) mass is 430 g/mol. The molecule has 1 atom stereocenters. The summed E-state index contributed by atoms with van der Waals surface area (Å²) in [5, 5.41) is 3.00. The number of piperazine rings is 1. The molecule has 0 bridgehead atoms. The Bertz CT molecular complexity index is 995. The van der Waals surface area contributed by atoms with Gasteiger partial charge in [-0.05, 0) is 56.5 Å². The highest BCUT2D eigenvalue weighted by Crippen LogP contribution is 2.19. The Morgan fingerprint density at radius 2 is 1.67 bits per heavy atom. The van der Waals surface area contributed by atoms with Crippen LogP contribution in [0.2, 0.25) is 0 Å². The fourth-order valence-corrected chi connectivity index (χ4v) is 5.23. The van der Waals surface area contributed by atoms with Crippen LogP contribution >= 0.6 is 0 Å². The van der Waals surface area contributed by atoms with Gasteiger partial charge in [0.1, 0.15) is 0 Å². The number of carbonyl (C=O) groups is 1. The Balaban J connectivity index is 1.55. The highest BCUT2D eigenvalue weighted by atomic mass is 32.2. The Labute approximate surface area is 179 Å². The second-order valence-electron chi connectivity index (χ2n) is 8.23. The van der Waals surface area contributed by atoms with E-state index in [-0.39, 0.29) is 11.9 Å². The average Bonchev–Trinajstić information content (AvgIpc) is 2.74. The van der Waals surface area contributed by atoms with Gasteiger partial charge < -0.3 is 10.2 Å². The molecular weight excluding hydrogens is 398 g/mol. The van der Waals surface area contributed by atoms with Gasteiger partial charge in [-0.3, -0.25) is 4.79 Å². The molecule has 0 radical (unpaired) electrons. The fourth-order valence-electron chi connectivity index (χ4n) is 3.70. The number of aryl methyl sites for hydroxylation is 3. The zero-order valence-electron chi connectivity index (χ0n) is 18.2. The van der Waals surface area contributed by atoms with Crippen molar-refractivity contribution in [3.8, 4) is 0 Å². The number of hydrogen-bond donors (Lipinski definition) is 2. The van der Waals surface area contributed by atoms with Gasteiger partial charge in [-0.1, -0.05) is 35.9 Å². The van der Waals surface area contributed by atoms with Crippen molar-refractivity contribution in [3.05, 3.63) is 64.7 Å². The number of rotatable bonds is 6. The summed E-state index contributed by atoms with van der Waals surface area (Å²) in [7, 11) is -3.50. The predicted molar refractivity (Wildman–Crippen MR) is 118 cm³/mol. The maximum absolute atomic E-state index is 13.0. The molecule has 30 heavy (non-hydrogen) atoms. The molecule has 1 amide bonds. The minimum absolute atomic E-state index is 0.00367. The summed E-state index contributed by atoms with van der Waals surface area (Å²) in [5.41, 5.74) is 4.31. The van der Waals surface area contributed by atoms with Crippen molar-refractivity contribution < 1.29 is 18.1 Å². The summed E-state index contributed by atoms with van der Waals surface area (Å²) >= 11 is 0. The van der Waals surface area contributed by atoms with Crippen LogP contribution in [0.15, 0.2) is 47.4 Å². The molecule has 2 N–H and O–H groups in total. The van der Waals surface area contributed by atoms with Crippen LogP contribution < -0.4 is 10.2 Å². The number of nitrogens with one attached hydrogen (secondary N) is 2. The van der Waals surface area contributed by atoms with Crippen molar-refractivity contribution in [2.24, 2.45) is 0 Å². The lowest BCUT2D eigenvalue weighted by atomic mass is 10.1. The molecule has 1 aliphatic heterocycles. The number of quaternary nitrogens is 1. The summed E-state index contributed by atoms with van der Waals surface area (Å²) in [6.07, 6.45) is 0. The van der Waals surface area contributed by atoms with Crippen LogP contribution in [0.3, 0.4) is 0 Å². The summed E-state index contributed by atoms with van der Waals surface area (Å²) in [4.78, 5) is 14.0. The van der Waals surface area contributed by atoms with E-state index in [2.05, 4.69) is 5.32 Å². The number of benzene rings is 2. The molecule has 2 aromatic carbocycles. The van der Waals surface area contributed by atoms with Crippen LogP contribution in [-0.2, 0) is 21.4 Å². The first-order valence-electron chi connectivity index (χ1n) is 10.4. The molecule has 0 aromatic heterocycles. The van der Waals surface area contributed by atoms with Gasteiger partial charge >= 0.3 is 0 Å². The molecule has 162 valence electrons. The molecule has 1 fully saturated rings. The van der Waals surface area contributed by atoms with E-state index in [4.69, 9.17) is 0 Å². The van der Waals surface area contributed by atoms with E-state index in [1.54, 1.807) is 12.1 Å². The molecule has 1 saturated heterocycles. The molecule has 0 unspecified atom stereocenters. The van der Waals surface area contributed by atoms with Gasteiger partial charge in [0.25, 0.3) is 5.91 Å². The van der Waals surface area contributed by atoms with Gasteiger partial charge in [-0.15, -0.1) is 0 Å². The number of amides is 1. The molecule has 6 nitrogen and oxygen atoms in total. The van der Waals surface area contributed by atoms with Gasteiger partial charge in [0.15, 0.2) is 6.04 Å². The van der Waals surface area contributed by atoms with Crippen molar-refractivity contribution in [1.82, 2.24) is 9.62 Å². The minimum atomic E-state index is -3.50. The standard InChI is InChI=1S/C23H31N3O3S/c1-17-5-8-21(9-6-17)16-24-23(27)20(4)25-11-13-26(14-12-25)30(28,29)22-10-7-18(2)19(3)15-22/h5-10,15,20H,11-14,16H2,1-4H3,(H,24,27)/p+1/t20-/m0/s1. The second kappa shape index (κ2) is 9.29. The Hall–Kier alpha value is -2.22. The van der Waals surface area contributed by atoms with Crippen molar-refractivity contribution in [1.29, 1.82) is 0 Å². The first kappa shape index (κ1) is 22.5. The third kappa shape index (κ3) is 5.09. The fraction of sp³-hybridized carbons (Fsp3) is 0.435. The van der Waals surface area contributed by atoms with Gasteiger partial charge in [-0.25, -0.2) is 8.42 Å². The molecular formula is C23H32N3O3S+. The smallest absolute Gasteiger partial charge is 0.278 e. The van der Waals surface area contributed by atoms with Gasteiger partial charge in [0.2, 0.25) is 10.0 Å². The zero-order chi connectivity index (χ0) is 21.9. The lowest BCUT2D eigenvalue weighted by Crippen LogP contribution is -3.19. The first-order valence-corrected chi connectivity index (χ1v) is 11.9. The van der Waals surface area contributed by atoms with E-state index >= 15 is 0 Å². The van der Waals surface area contributed by atoms with E-state index < -0.39 is 10.0 Å². The lowest BCUT2D eigenvalue weighted by Gasteiger charge is -2.34. The molecule has 3 rings (SSSR count). The van der Waals surface area contributed by atoms with Crippen LogP contribution in [0.5, 0.6) is 0 Å². The summed E-state index contributed by atoms with van der Waals surface area (Å²) in [6.45, 7) is 10.4. The Kier molecular flexibility index (Phi) is 6.95. The van der Waals surface area contributed by atoms with E-state index in [0.29, 0.717) is 37.6 Å². The van der Waals surface area contributed by atoms with E-state index in [1.165, 1.54) is 9.87 Å². The average molecular weight is 431 g/mol. The molecule has 1 aliphatic rings. The maximum Gasteiger partial charge on any atom is 0.278 e. The summed E-state index contributed by atoms with van der Waals surface area (Å²) in [6, 6.07) is 13.2. The van der Waals surface area contributed by atoms with Crippen molar-refractivity contribution in [2.75, 3.05) is 26.2 Å². The van der Waals surface area contributed by atoms with Crippen LogP contribution in [0.4, 0.5) is 0 Å². The second-order valence-corrected chi connectivity index (χ2v) is 10.2. The minimum Gasteiger partial charge on any atom is -0.347 e. The third-order valence-electron chi connectivity index (χ3n) is 6.07. The van der Waals surface area contributed by atoms with Crippen molar-refractivity contribution in [3.63, 3.8) is 0 Å². The molecule has 0 aliphatic carbocycles. The largest absolute Gasteiger partial charge is 0.347 e. The number of nitrogens with zero attached hydrogens (tertiary/aromatic N) is 1. The van der Waals surface area contributed by atoms with Crippen LogP contribution in [-0.4, -0.2) is 50.9 Å². The van der Waals surface area contributed by atoms with Gasteiger partial charge in [0, 0.05) is 6.54 Å². The Morgan fingerprint density at radius 1 is 1.03 bits per heavy atom. The molecule has 0 saturated carbocycles. The molecule has 1 heterocycles. The normalized spacial score (nSPS) is 16.9. The van der Waals surface area contributed by atoms with Gasteiger partial charge in [0.05, 0.1) is 31.1 Å². The molecule has 0 spiro atoms. The van der Waals surface area contributed by atoms with Crippen LogP contribution in [0.1, 0.15) is 29.2 Å². The maximum atomic E-state index is 13.0. The van der Waals surface area contributed by atoms with Crippen molar-refractivity contribution in [2.45, 2.75) is 45.2 Å². The SMILES string of the molecule is Cc1ccc(CNC(=O)[C@H](C)[NH+]2CCN(S(=O)(=O)c3ccc(C)c(C)c3)CC2)cc1. The van der Waals surface area contributed by atoms with Crippen LogP contribution in [0.25, 0.3) is 0 Å². The topological polar surface area (TPSA) is 70.9 Å². The number of sulfonamides is 1. The lowest BCUT2D eigenvalue weighted by molar-refractivity contribution is -0.917.